The van der Waals surface area contributed by atoms with Crippen molar-refractivity contribution in [3.8, 4) is 23.2 Å². The lowest BCUT2D eigenvalue weighted by Gasteiger charge is -2.34. The van der Waals surface area contributed by atoms with Crippen molar-refractivity contribution in [2.24, 2.45) is 7.05 Å². The molecule has 284 valence electrons. The normalized spacial score (nSPS) is 15.4. The molecule has 4 aromatic rings. The van der Waals surface area contributed by atoms with Crippen LogP contribution < -0.4 is 11.1 Å². The van der Waals surface area contributed by atoms with Crippen LogP contribution in [0.15, 0.2) is 36.7 Å². The van der Waals surface area contributed by atoms with Crippen LogP contribution in [-0.4, -0.2) is 97.0 Å². The monoisotopic (exact) mass is 763 g/mol. The number of benzene rings is 1. The standard InChI is InChI=1S/C37H40F3N9O4S/c1-6-47-13-15-48(16-14-47)21-23-7-9-24(17-26(23)37(38,39)40)44-32(50)29-20-42-30(54-29)10-8-22-19-43-34(41)45-31(22)28-18-25-27(46(28)5)11-12-49(33(25)51)35(52)53-36(2,3)4/h7,9,17-20H,6,11-16,21H2,1-5H3,(H,44,50)(H2,41,43,45). The van der Waals surface area contributed by atoms with E-state index in [9.17, 15) is 27.6 Å². The first kappa shape index (κ1) is 38.4. The molecule has 1 aromatic carbocycles. The van der Waals surface area contributed by atoms with Crippen LogP contribution in [0.4, 0.5) is 29.6 Å². The van der Waals surface area contributed by atoms with Gasteiger partial charge < -0.3 is 25.3 Å². The second kappa shape index (κ2) is 15.2. The van der Waals surface area contributed by atoms with Gasteiger partial charge in [0.2, 0.25) is 5.95 Å². The van der Waals surface area contributed by atoms with Crippen molar-refractivity contribution in [1.82, 2.24) is 34.2 Å². The van der Waals surface area contributed by atoms with Crippen LogP contribution in [0.1, 0.15) is 75.1 Å². The van der Waals surface area contributed by atoms with Crippen molar-refractivity contribution >= 4 is 40.9 Å². The smallest absolute Gasteiger partial charge is 0.417 e. The van der Waals surface area contributed by atoms with Crippen LogP contribution in [0.3, 0.4) is 0 Å². The number of hydrogen-bond acceptors (Lipinski definition) is 11. The highest BCUT2D eigenvalue weighted by Crippen LogP contribution is 2.35. The molecule has 3 N–H and O–H groups in total. The highest BCUT2D eigenvalue weighted by Gasteiger charge is 2.36. The molecule has 0 saturated carbocycles. The number of carbonyl (C=O) groups is 3. The van der Waals surface area contributed by atoms with Crippen LogP contribution in [0.25, 0.3) is 11.4 Å². The predicted molar refractivity (Wildman–Crippen MR) is 197 cm³/mol. The van der Waals surface area contributed by atoms with E-state index < -0.39 is 35.2 Å². The SMILES string of the molecule is CCN1CCN(Cc2ccc(NC(=O)c3cnc(C#Cc4cnc(N)nc4-c4cc5c(n4C)CCN(C(=O)OC(C)(C)C)C5=O)s3)cc2C(F)(F)F)CC1. The number of nitrogens with zero attached hydrogens (tertiary/aromatic N) is 7. The summed E-state index contributed by atoms with van der Waals surface area (Å²) in [5.74, 6) is 4.71. The van der Waals surface area contributed by atoms with E-state index in [0.29, 0.717) is 47.7 Å². The van der Waals surface area contributed by atoms with Gasteiger partial charge in [0.25, 0.3) is 11.8 Å². The zero-order valence-electron chi connectivity index (χ0n) is 30.5. The molecule has 0 spiro atoms. The number of ether oxygens (including phenoxy) is 1. The number of thiazole rings is 1. The van der Waals surface area contributed by atoms with E-state index in [1.54, 1.807) is 38.5 Å². The minimum absolute atomic E-state index is 0.00883. The van der Waals surface area contributed by atoms with Gasteiger partial charge in [0, 0.05) is 70.3 Å². The average molecular weight is 764 g/mol. The minimum atomic E-state index is -4.60. The molecule has 1 saturated heterocycles. The summed E-state index contributed by atoms with van der Waals surface area (Å²) in [7, 11) is 1.77. The van der Waals surface area contributed by atoms with E-state index in [0.717, 1.165) is 41.9 Å². The molecule has 5 heterocycles. The van der Waals surface area contributed by atoms with Gasteiger partial charge in [-0.3, -0.25) is 14.5 Å². The maximum Gasteiger partial charge on any atom is 0.417 e. The van der Waals surface area contributed by atoms with Gasteiger partial charge in [0.1, 0.15) is 16.2 Å². The molecular weight excluding hydrogens is 724 g/mol. The van der Waals surface area contributed by atoms with Crippen LogP contribution in [0.5, 0.6) is 0 Å². The second-order valence-corrected chi connectivity index (χ2v) is 15.0. The number of amides is 3. The number of carbonyl (C=O) groups excluding carboxylic acids is 3. The number of halogens is 3. The molecule has 3 amide bonds. The molecule has 0 radical (unpaired) electrons. The van der Waals surface area contributed by atoms with Crippen molar-refractivity contribution in [3.05, 3.63) is 74.5 Å². The lowest BCUT2D eigenvalue weighted by atomic mass is 10.0. The molecule has 0 bridgehead atoms. The largest absolute Gasteiger partial charge is 0.443 e. The van der Waals surface area contributed by atoms with Gasteiger partial charge in [-0.1, -0.05) is 18.9 Å². The Balaban J connectivity index is 1.18. The zero-order chi connectivity index (χ0) is 38.9. The number of hydrogen-bond donors (Lipinski definition) is 2. The molecular formula is C37H40F3N9O4S. The van der Waals surface area contributed by atoms with Crippen molar-refractivity contribution < 1.29 is 32.3 Å². The van der Waals surface area contributed by atoms with E-state index in [4.69, 9.17) is 10.5 Å². The molecule has 2 aliphatic heterocycles. The third-order valence-corrected chi connectivity index (χ3v) is 9.99. The van der Waals surface area contributed by atoms with Gasteiger partial charge in [-0.25, -0.2) is 24.6 Å². The number of likely N-dealkylation sites (N-methyl/N-ethyl adjacent to an activating group) is 1. The Morgan fingerprint density at radius 2 is 1.74 bits per heavy atom. The van der Waals surface area contributed by atoms with E-state index in [1.807, 2.05) is 4.90 Å². The molecule has 2 aliphatic rings. The number of rotatable bonds is 6. The number of nitrogen functional groups attached to an aromatic ring is 1. The van der Waals surface area contributed by atoms with Crippen molar-refractivity contribution in [3.63, 3.8) is 0 Å². The molecule has 17 heteroatoms. The van der Waals surface area contributed by atoms with Gasteiger partial charge >= 0.3 is 12.3 Å². The second-order valence-electron chi connectivity index (χ2n) is 13.9. The zero-order valence-corrected chi connectivity index (χ0v) is 31.3. The molecule has 3 aromatic heterocycles. The fraction of sp³-hybridized carbons (Fsp3) is 0.405. The number of fused-ring (bicyclic) bond motifs is 1. The third-order valence-electron chi connectivity index (χ3n) is 9.08. The first-order chi connectivity index (χ1) is 25.5. The van der Waals surface area contributed by atoms with Gasteiger partial charge in [-0.05, 0) is 57.0 Å². The molecule has 0 atom stereocenters. The van der Waals surface area contributed by atoms with E-state index in [-0.39, 0.29) is 40.2 Å². The lowest BCUT2D eigenvalue weighted by molar-refractivity contribution is -0.138. The average Bonchev–Trinajstić information content (AvgIpc) is 3.72. The molecule has 13 nitrogen and oxygen atoms in total. The Morgan fingerprint density at radius 3 is 2.43 bits per heavy atom. The Labute approximate surface area is 314 Å². The molecule has 0 unspecified atom stereocenters. The highest BCUT2D eigenvalue weighted by atomic mass is 32.1. The van der Waals surface area contributed by atoms with Gasteiger partial charge in [0.05, 0.1) is 28.6 Å². The number of imide groups is 1. The number of aromatic nitrogens is 4. The highest BCUT2D eigenvalue weighted by molar-refractivity contribution is 7.14. The summed E-state index contributed by atoms with van der Waals surface area (Å²) in [5, 5.41) is 2.82. The van der Waals surface area contributed by atoms with Gasteiger partial charge in [-0.2, -0.15) is 13.2 Å². The fourth-order valence-electron chi connectivity index (χ4n) is 6.31. The first-order valence-electron chi connectivity index (χ1n) is 17.3. The quantitative estimate of drug-likeness (QED) is 0.249. The fourth-order valence-corrected chi connectivity index (χ4v) is 6.97. The summed E-state index contributed by atoms with van der Waals surface area (Å²) < 4.78 is 49.6. The number of nitrogens with two attached hydrogens (primary N) is 1. The molecule has 0 aliphatic carbocycles. The van der Waals surface area contributed by atoms with E-state index in [2.05, 4.69) is 43.9 Å². The van der Waals surface area contributed by atoms with E-state index >= 15 is 0 Å². The Morgan fingerprint density at radius 1 is 1.02 bits per heavy atom. The predicted octanol–water partition coefficient (Wildman–Crippen LogP) is 5.26. The summed E-state index contributed by atoms with van der Waals surface area (Å²) in [6.07, 6.45) is -2.21. The van der Waals surface area contributed by atoms with Crippen LogP contribution in [0.2, 0.25) is 0 Å². The summed E-state index contributed by atoms with van der Waals surface area (Å²) in [6, 6.07) is 5.47. The molecule has 54 heavy (non-hydrogen) atoms. The Bertz CT molecular complexity index is 2160. The minimum Gasteiger partial charge on any atom is -0.443 e. The van der Waals surface area contributed by atoms with Crippen molar-refractivity contribution in [2.45, 2.75) is 52.4 Å². The first-order valence-corrected chi connectivity index (χ1v) is 18.1. The Kier molecular flexibility index (Phi) is 10.8. The summed E-state index contributed by atoms with van der Waals surface area (Å²) in [4.78, 5) is 57.4. The van der Waals surface area contributed by atoms with Crippen molar-refractivity contribution in [2.75, 3.05) is 50.3 Å². The van der Waals surface area contributed by atoms with Crippen LogP contribution in [-0.2, 0) is 30.9 Å². The van der Waals surface area contributed by atoms with Gasteiger partial charge in [0.15, 0.2) is 5.01 Å². The molecule has 1 fully saturated rings. The lowest BCUT2D eigenvalue weighted by Crippen LogP contribution is -2.45. The Hall–Kier alpha value is -5.31. The summed E-state index contributed by atoms with van der Waals surface area (Å²) >= 11 is 0.960. The van der Waals surface area contributed by atoms with E-state index in [1.165, 1.54) is 24.5 Å². The number of nitrogens with one attached hydrogen (secondary N) is 1. The number of anilines is 2. The van der Waals surface area contributed by atoms with Crippen molar-refractivity contribution in [1.29, 1.82) is 0 Å². The van der Waals surface area contributed by atoms with Gasteiger partial charge in [-0.15, -0.1) is 11.3 Å². The number of piperazine rings is 1. The summed E-state index contributed by atoms with van der Waals surface area (Å²) in [6.45, 7) is 11.4. The number of alkyl halides is 3. The summed E-state index contributed by atoms with van der Waals surface area (Å²) in [5.41, 5.74) is 6.76. The maximum absolute atomic E-state index is 14.1. The molecule has 6 rings (SSSR count). The third kappa shape index (κ3) is 8.56. The topological polar surface area (TPSA) is 152 Å². The van der Waals surface area contributed by atoms with Crippen LogP contribution in [0, 0.1) is 11.8 Å². The maximum atomic E-state index is 14.1. The van der Waals surface area contributed by atoms with Crippen LogP contribution >= 0.6 is 11.3 Å².